The fourth-order valence-corrected chi connectivity index (χ4v) is 4.03. The third-order valence-electron chi connectivity index (χ3n) is 5.30. The number of ether oxygens (including phenoxy) is 3. The number of methoxy groups -OCH3 is 2. The van der Waals surface area contributed by atoms with E-state index in [2.05, 4.69) is 13.8 Å². The third-order valence-corrected chi connectivity index (χ3v) is 6.17. The van der Waals surface area contributed by atoms with E-state index >= 15 is 0 Å². The van der Waals surface area contributed by atoms with Gasteiger partial charge in [-0.05, 0) is 31.0 Å². The van der Waals surface area contributed by atoms with E-state index in [1.807, 2.05) is 58.8 Å². The molecule has 0 spiro atoms. The first-order valence-electron chi connectivity index (χ1n) is 10.7. The zero-order valence-corrected chi connectivity index (χ0v) is 19.9. The highest BCUT2D eigenvalue weighted by Crippen LogP contribution is 2.37. The Morgan fingerprint density at radius 2 is 1.75 bits per heavy atom. The molecule has 0 N–H and O–H groups in total. The molecule has 0 aliphatic rings. The Hall–Kier alpha value is -3.06. The molecule has 2 aromatic carbocycles. The second-order valence-corrected chi connectivity index (χ2v) is 8.40. The lowest BCUT2D eigenvalue weighted by Gasteiger charge is -2.28. The molecule has 1 heterocycles. The normalized spacial score (nSPS) is 11.6. The zero-order chi connectivity index (χ0) is 22.9. The fraction of sp³-hybridized carbons (Fsp3) is 0.360. The number of hydrogen-bond donors (Lipinski definition) is 0. The van der Waals surface area contributed by atoms with Crippen molar-refractivity contribution in [2.45, 2.75) is 45.9 Å². The van der Waals surface area contributed by atoms with Gasteiger partial charge in [0.25, 0.3) is 0 Å². The molecule has 1 unspecified atom stereocenters. The van der Waals surface area contributed by atoms with Gasteiger partial charge in [0.2, 0.25) is 11.7 Å². The molecule has 170 valence electrons. The predicted octanol–water partition coefficient (Wildman–Crippen LogP) is 5.11. The minimum Gasteiger partial charge on any atom is -0.493 e. The summed E-state index contributed by atoms with van der Waals surface area (Å²) in [5.41, 5.74) is 1.88. The lowest BCUT2D eigenvalue weighted by Crippen LogP contribution is -2.38. The Bertz CT molecular complexity index is 984. The Labute approximate surface area is 193 Å². The molecule has 3 rings (SSSR count). The van der Waals surface area contributed by atoms with Gasteiger partial charge in [0.1, 0.15) is 11.6 Å². The van der Waals surface area contributed by atoms with E-state index < -0.39 is 0 Å². The van der Waals surface area contributed by atoms with Crippen LogP contribution in [0.15, 0.2) is 53.9 Å². The van der Waals surface area contributed by atoms with E-state index in [1.54, 1.807) is 14.2 Å². The lowest BCUT2D eigenvalue weighted by molar-refractivity contribution is -0.133. The number of aromatic nitrogens is 1. The predicted molar refractivity (Wildman–Crippen MR) is 126 cm³/mol. The molecular weight excluding hydrogens is 424 g/mol. The van der Waals surface area contributed by atoms with Gasteiger partial charge in [-0.15, -0.1) is 11.3 Å². The highest BCUT2D eigenvalue weighted by Gasteiger charge is 2.21. The van der Waals surface area contributed by atoms with Gasteiger partial charge in [-0.3, -0.25) is 4.79 Å². The van der Waals surface area contributed by atoms with Crippen molar-refractivity contribution >= 4 is 17.2 Å². The van der Waals surface area contributed by atoms with Crippen molar-refractivity contribution < 1.29 is 19.0 Å². The van der Waals surface area contributed by atoms with Crippen LogP contribution in [-0.4, -0.2) is 36.1 Å². The topological polar surface area (TPSA) is 60.9 Å². The number of para-hydroxylation sites is 1. The number of rotatable bonds is 11. The van der Waals surface area contributed by atoms with Crippen molar-refractivity contribution in [3.8, 4) is 17.2 Å². The number of thiazole rings is 1. The van der Waals surface area contributed by atoms with Crippen LogP contribution in [0.25, 0.3) is 0 Å². The van der Waals surface area contributed by atoms with Crippen molar-refractivity contribution in [2.75, 3.05) is 14.2 Å². The second kappa shape index (κ2) is 11.5. The molecule has 0 saturated carbocycles. The van der Waals surface area contributed by atoms with E-state index in [0.29, 0.717) is 36.8 Å². The van der Waals surface area contributed by atoms with Gasteiger partial charge < -0.3 is 19.1 Å². The summed E-state index contributed by atoms with van der Waals surface area (Å²) in [7, 11) is 3.19. The second-order valence-electron chi connectivity index (χ2n) is 7.45. The van der Waals surface area contributed by atoms with E-state index in [1.165, 1.54) is 11.3 Å². The van der Waals surface area contributed by atoms with E-state index in [-0.39, 0.29) is 11.9 Å². The Balaban J connectivity index is 1.67. The van der Waals surface area contributed by atoms with Gasteiger partial charge in [0.15, 0.2) is 11.5 Å². The van der Waals surface area contributed by atoms with E-state index in [9.17, 15) is 4.79 Å². The van der Waals surface area contributed by atoms with Crippen LogP contribution in [0, 0.1) is 0 Å². The summed E-state index contributed by atoms with van der Waals surface area (Å²) >= 11 is 1.52. The van der Waals surface area contributed by atoms with Gasteiger partial charge in [-0.25, -0.2) is 4.98 Å². The van der Waals surface area contributed by atoms with Crippen LogP contribution >= 0.6 is 11.3 Å². The summed E-state index contributed by atoms with van der Waals surface area (Å²) in [6.07, 6.45) is 1.27. The average Bonchev–Trinajstić information content (AvgIpc) is 3.28. The Morgan fingerprint density at radius 3 is 2.38 bits per heavy atom. The van der Waals surface area contributed by atoms with Crippen molar-refractivity contribution in [3.05, 3.63) is 70.2 Å². The van der Waals surface area contributed by atoms with Crippen molar-refractivity contribution in [1.29, 1.82) is 0 Å². The summed E-state index contributed by atoms with van der Waals surface area (Å²) in [6, 6.07) is 15.5. The van der Waals surface area contributed by atoms with Crippen LogP contribution in [0.2, 0.25) is 0 Å². The fourth-order valence-electron chi connectivity index (χ4n) is 3.34. The highest BCUT2D eigenvalue weighted by molar-refractivity contribution is 7.09. The lowest BCUT2D eigenvalue weighted by atomic mass is 10.1. The van der Waals surface area contributed by atoms with Gasteiger partial charge in [0.05, 0.1) is 32.9 Å². The van der Waals surface area contributed by atoms with Gasteiger partial charge in [-0.2, -0.15) is 0 Å². The smallest absolute Gasteiger partial charge is 0.227 e. The molecule has 7 heteroatoms. The maximum absolute atomic E-state index is 13.0. The molecule has 3 aromatic rings. The van der Waals surface area contributed by atoms with Crippen LogP contribution < -0.4 is 14.2 Å². The van der Waals surface area contributed by atoms with Crippen LogP contribution in [0.5, 0.6) is 17.2 Å². The largest absolute Gasteiger partial charge is 0.493 e. The molecule has 6 nitrogen and oxygen atoms in total. The molecule has 0 aliphatic heterocycles. The number of nitrogens with zero attached hydrogens (tertiary/aromatic N) is 2. The minimum atomic E-state index is 0.107. The average molecular weight is 455 g/mol. The Morgan fingerprint density at radius 1 is 1.06 bits per heavy atom. The monoisotopic (exact) mass is 454 g/mol. The number of hydrogen-bond acceptors (Lipinski definition) is 6. The molecule has 1 aromatic heterocycles. The summed E-state index contributed by atoms with van der Waals surface area (Å²) < 4.78 is 16.7. The standard InChI is InChI=1S/C25H30N2O4S/c1-5-18(2)27(24(28)14-19-10-7-6-8-11-19)15-20-17-32-23(26-20)16-31-25-21(29-3)12-9-13-22(25)30-4/h6-13,17-18H,5,14-16H2,1-4H3. The molecule has 0 bridgehead atoms. The summed E-state index contributed by atoms with van der Waals surface area (Å²) in [4.78, 5) is 19.6. The molecule has 0 fully saturated rings. The minimum absolute atomic E-state index is 0.107. The van der Waals surface area contributed by atoms with Crippen LogP contribution in [-0.2, 0) is 24.4 Å². The zero-order valence-electron chi connectivity index (χ0n) is 19.0. The van der Waals surface area contributed by atoms with Crippen molar-refractivity contribution in [3.63, 3.8) is 0 Å². The highest BCUT2D eigenvalue weighted by atomic mass is 32.1. The number of carbonyl (C=O) groups excluding carboxylic acids is 1. The summed E-state index contributed by atoms with van der Waals surface area (Å²) in [5.74, 6) is 1.87. The van der Waals surface area contributed by atoms with Gasteiger partial charge in [0, 0.05) is 11.4 Å². The molecule has 0 aliphatic carbocycles. The Kier molecular flexibility index (Phi) is 8.50. The van der Waals surface area contributed by atoms with Crippen molar-refractivity contribution in [2.24, 2.45) is 0 Å². The van der Waals surface area contributed by atoms with Crippen molar-refractivity contribution in [1.82, 2.24) is 9.88 Å². The SMILES string of the molecule is CCC(C)N(Cc1csc(COc2c(OC)cccc2OC)n1)C(=O)Cc1ccccc1. The number of carbonyl (C=O) groups is 1. The first-order valence-corrected chi connectivity index (χ1v) is 11.5. The van der Waals surface area contributed by atoms with Gasteiger partial charge >= 0.3 is 0 Å². The van der Waals surface area contributed by atoms with E-state index in [4.69, 9.17) is 19.2 Å². The molecular formula is C25H30N2O4S. The third kappa shape index (κ3) is 6.01. The maximum Gasteiger partial charge on any atom is 0.227 e. The number of benzene rings is 2. The van der Waals surface area contributed by atoms with Gasteiger partial charge in [-0.1, -0.05) is 43.3 Å². The van der Waals surface area contributed by atoms with E-state index in [0.717, 1.165) is 22.7 Å². The molecule has 0 saturated heterocycles. The quantitative estimate of drug-likeness (QED) is 0.403. The molecule has 0 radical (unpaired) electrons. The summed E-state index contributed by atoms with van der Waals surface area (Å²) in [5, 5.41) is 2.82. The molecule has 1 amide bonds. The van der Waals surface area contributed by atoms with Crippen LogP contribution in [0.4, 0.5) is 0 Å². The summed E-state index contributed by atoms with van der Waals surface area (Å²) in [6.45, 7) is 4.94. The maximum atomic E-state index is 13.0. The first-order chi connectivity index (χ1) is 15.5. The first kappa shape index (κ1) is 23.6. The van der Waals surface area contributed by atoms with Crippen LogP contribution in [0.1, 0.15) is 36.5 Å². The molecule has 32 heavy (non-hydrogen) atoms. The van der Waals surface area contributed by atoms with Crippen LogP contribution in [0.3, 0.4) is 0 Å². The molecule has 1 atom stereocenters. The number of amides is 1.